The minimum atomic E-state index is -0.393. The van der Waals surface area contributed by atoms with Gasteiger partial charge in [0.1, 0.15) is 5.75 Å². The minimum Gasteiger partial charge on any atom is -0.494 e. The van der Waals surface area contributed by atoms with Crippen LogP contribution in [0.15, 0.2) is 18.2 Å². The molecule has 0 amide bonds. The lowest BCUT2D eigenvalue weighted by molar-refractivity contribution is -0.384. The van der Waals surface area contributed by atoms with Gasteiger partial charge >= 0.3 is 0 Å². The lowest BCUT2D eigenvalue weighted by Gasteiger charge is -2.23. The Labute approximate surface area is 118 Å². The van der Waals surface area contributed by atoms with E-state index in [1.165, 1.54) is 18.9 Å². The molecule has 1 heterocycles. The standard InChI is InChI=1S/C14H21N3O3/c1-2-20-14-7-12(6-13(8-14)17(18)19)16-10-11-4-3-5-15-9-11/h6-8,11,15-16H,2-5,9-10H2,1H3. The summed E-state index contributed by atoms with van der Waals surface area (Å²) in [7, 11) is 0. The molecule has 1 saturated heterocycles. The summed E-state index contributed by atoms with van der Waals surface area (Å²) in [5.74, 6) is 1.10. The summed E-state index contributed by atoms with van der Waals surface area (Å²) in [6.07, 6.45) is 2.37. The van der Waals surface area contributed by atoms with Crippen LogP contribution in [0.5, 0.6) is 5.75 Å². The van der Waals surface area contributed by atoms with Crippen LogP contribution in [0.4, 0.5) is 11.4 Å². The van der Waals surface area contributed by atoms with Crippen LogP contribution in [0.1, 0.15) is 19.8 Å². The van der Waals surface area contributed by atoms with E-state index >= 15 is 0 Å². The molecular weight excluding hydrogens is 258 g/mol. The molecule has 1 aromatic carbocycles. The average molecular weight is 279 g/mol. The molecule has 0 spiro atoms. The third kappa shape index (κ3) is 4.09. The Hall–Kier alpha value is -1.82. The van der Waals surface area contributed by atoms with E-state index in [0.717, 1.165) is 25.3 Å². The fourth-order valence-corrected chi connectivity index (χ4v) is 2.40. The normalized spacial score (nSPS) is 18.6. The highest BCUT2D eigenvalue weighted by Crippen LogP contribution is 2.26. The number of hydrogen-bond acceptors (Lipinski definition) is 5. The van der Waals surface area contributed by atoms with Crippen molar-refractivity contribution in [2.45, 2.75) is 19.8 Å². The number of piperidine rings is 1. The van der Waals surface area contributed by atoms with Gasteiger partial charge in [-0.15, -0.1) is 0 Å². The molecule has 2 N–H and O–H groups in total. The molecule has 1 fully saturated rings. The minimum absolute atomic E-state index is 0.0558. The largest absolute Gasteiger partial charge is 0.494 e. The molecule has 0 radical (unpaired) electrons. The molecule has 1 aliphatic rings. The Morgan fingerprint density at radius 3 is 3.00 bits per heavy atom. The molecule has 0 saturated carbocycles. The first kappa shape index (κ1) is 14.6. The number of non-ortho nitro benzene ring substituents is 1. The highest BCUT2D eigenvalue weighted by atomic mass is 16.6. The predicted molar refractivity (Wildman–Crippen MR) is 78.3 cm³/mol. The molecule has 1 aliphatic heterocycles. The monoisotopic (exact) mass is 279 g/mol. The van der Waals surface area contributed by atoms with Crippen molar-refractivity contribution in [2.24, 2.45) is 5.92 Å². The summed E-state index contributed by atoms with van der Waals surface area (Å²) in [5.41, 5.74) is 0.799. The van der Waals surface area contributed by atoms with Gasteiger partial charge in [0.2, 0.25) is 0 Å². The van der Waals surface area contributed by atoms with Crippen molar-refractivity contribution in [3.63, 3.8) is 0 Å². The fraction of sp³-hybridized carbons (Fsp3) is 0.571. The molecule has 20 heavy (non-hydrogen) atoms. The van der Waals surface area contributed by atoms with Gasteiger partial charge in [-0.2, -0.15) is 0 Å². The van der Waals surface area contributed by atoms with E-state index in [2.05, 4.69) is 10.6 Å². The van der Waals surface area contributed by atoms with Gasteiger partial charge in [0.25, 0.3) is 5.69 Å². The maximum absolute atomic E-state index is 10.9. The molecule has 0 aliphatic carbocycles. The molecule has 1 unspecified atom stereocenters. The van der Waals surface area contributed by atoms with Crippen LogP contribution in [-0.4, -0.2) is 31.2 Å². The van der Waals surface area contributed by atoms with E-state index in [0.29, 0.717) is 18.3 Å². The van der Waals surface area contributed by atoms with Crippen LogP contribution in [0, 0.1) is 16.0 Å². The van der Waals surface area contributed by atoms with Crippen LogP contribution in [0.25, 0.3) is 0 Å². The number of benzene rings is 1. The van der Waals surface area contributed by atoms with Crippen molar-refractivity contribution in [3.8, 4) is 5.75 Å². The van der Waals surface area contributed by atoms with Crippen LogP contribution < -0.4 is 15.4 Å². The van der Waals surface area contributed by atoms with E-state index in [4.69, 9.17) is 4.74 Å². The number of nitro groups is 1. The Kier molecular flexibility index (Phi) is 5.17. The molecule has 6 nitrogen and oxygen atoms in total. The number of nitrogens with zero attached hydrogens (tertiary/aromatic N) is 1. The molecule has 0 aromatic heterocycles. The van der Waals surface area contributed by atoms with Crippen molar-refractivity contribution in [1.82, 2.24) is 5.32 Å². The van der Waals surface area contributed by atoms with E-state index in [1.54, 1.807) is 6.07 Å². The molecule has 2 rings (SSSR count). The smallest absolute Gasteiger partial charge is 0.275 e. The zero-order valence-corrected chi connectivity index (χ0v) is 11.7. The summed E-state index contributed by atoms with van der Waals surface area (Å²) in [6, 6.07) is 4.82. The third-order valence-corrected chi connectivity index (χ3v) is 3.41. The van der Waals surface area contributed by atoms with Gasteiger partial charge in [-0.25, -0.2) is 0 Å². The van der Waals surface area contributed by atoms with Gasteiger partial charge in [-0.3, -0.25) is 10.1 Å². The zero-order valence-electron chi connectivity index (χ0n) is 11.7. The van der Waals surface area contributed by atoms with Crippen LogP contribution in [0.2, 0.25) is 0 Å². The number of rotatable bonds is 6. The molecule has 1 atom stereocenters. The third-order valence-electron chi connectivity index (χ3n) is 3.41. The zero-order chi connectivity index (χ0) is 14.4. The Bertz CT molecular complexity index is 459. The lowest BCUT2D eigenvalue weighted by Crippen LogP contribution is -2.33. The van der Waals surface area contributed by atoms with Crippen molar-refractivity contribution in [1.29, 1.82) is 0 Å². The number of nitro benzene ring substituents is 1. The molecule has 1 aromatic rings. The van der Waals surface area contributed by atoms with Crippen molar-refractivity contribution >= 4 is 11.4 Å². The number of nitrogens with one attached hydrogen (secondary N) is 2. The topological polar surface area (TPSA) is 76.4 Å². The first-order valence-corrected chi connectivity index (χ1v) is 7.06. The van der Waals surface area contributed by atoms with Crippen LogP contribution >= 0.6 is 0 Å². The van der Waals surface area contributed by atoms with E-state index in [9.17, 15) is 10.1 Å². The summed E-state index contributed by atoms with van der Waals surface area (Å²) in [5, 5.41) is 17.6. The van der Waals surface area contributed by atoms with Crippen molar-refractivity contribution in [3.05, 3.63) is 28.3 Å². The van der Waals surface area contributed by atoms with Gasteiger partial charge in [0.05, 0.1) is 17.6 Å². The second-order valence-electron chi connectivity index (χ2n) is 5.00. The Balaban J connectivity index is 2.03. The van der Waals surface area contributed by atoms with Crippen molar-refractivity contribution < 1.29 is 9.66 Å². The quantitative estimate of drug-likeness (QED) is 0.617. The van der Waals surface area contributed by atoms with Gasteiger partial charge in [0, 0.05) is 24.4 Å². The summed E-state index contributed by atoms with van der Waals surface area (Å²) in [4.78, 5) is 10.5. The van der Waals surface area contributed by atoms with Gasteiger partial charge in [-0.05, 0) is 38.8 Å². The lowest BCUT2D eigenvalue weighted by atomic mass is 10.00. The van der Waals surface area contributed by atoms with Gasteiger partial charge in [0.15, 0.2) is 0 Å². The van der Waals surface area contributed by atoms with E-state index < -0.39 is 4.92 Å². The SMILES string of the molecule is CCOc1cc(NCC2CCCNC2)cc([N+](=O)[O-])c1. The van der Waals surface area contributed by atoms with Gasteiger partial charge in [-0.1, -0.05) is 0 Å². The first-order valence-electron chi connectivity index (χ1n) is 7.06. The maximum atomic E-state index is 10.9. The van der Waals surface area contributed by atoms with Gasteiger partial charge < -0.3 is 15.4 Å². The Morgan fingerprint density at radius 1 is 1.50 bits per heavy atom. The second-order valence-corrected chi connectivity index (χ2v) is 5.00. The van der Waals surface area contributed by atoms with E-state index in [-0.39, 0.29) is 5.69 Å². The predicted octanol–water partition coefficient (Wildman–Crippen LogP) is 2.41. The molecule has 0 bridgehead atoms. The van der Waals surface area contributed by atoms with Crippen LogP contribution in [-0.2, 0) is 0 Å². The fourth-order valence-electron chi connectivity index (χ4n) is 2.40. The highest BCUT2D eigenvalue weighted by Gasteiger charge is 2.14. The number of ether oxygens (including phenoxy) is 1. The second kappa shape index (κ2) is 7.09. The summed E-state index contributed by atoms with van der Waals surface area (Å²) in [6.45, 7) is 5.26. The van der Waals surface area contributed by atoms with E-state index in [1.807, 2.05) is 13.0 Å². The average Bonchev–Trinajstić information content (AvgIpc) is 2.46. The summed E-state index contributed by atoms with van der Waals surface area (Å²) >= 11 is 0. The maximum Gasteiger partial charge on any atom is 0.275 e. The first-order chi connectivity index (χ1) is 9.69. The van der Waals surface area contributed by atoms with Crippen LogP contribution in [0.3, 0.4) is 0 Å². The number of anilines is 1. The van der Waals surface area contributed by atoms with Crippen molar-refractivity contribution in [2.75, 3.05) is 31.6 Å². The molecule has 6 heteroatoms. The number of hydrogen-bond donors (Lipinski definition) is 2. The Morgan fingerprint density at radius 2 is 2.35 bits per heavy atom. The molecular formula is C14H21N3O3. The molecule has 110 valence electrons. The highest BCUT2D eigenvalue weighted by molar-refractivity contribution is 5.56. The summed E-state index contributed by atoms with van der Waals surface area (Å²) < 4.78 is 5.37.